The Hall–Kier alpha value is -1.33. The van der Waals surface area contributed by atoms with Crippen LogP contribution in [0, 0.1) is 5.92 Å². The molecule has 0 unspecified atom stereocenters. The number of carbonyl (C=O) groups excluding carboxylic acids is 1. The van der Waals surface area contributed by atoms with Crippen LogP contribution in [0.2, 0.25) is 0 Å². The van der Waals surface area contributed by atoms with Gasteiger partial charge in [0.05, 0.1) is 11.3 Å². The Labute approximate surface area is 116 Å². The predicted molar refractivity (Wildman–Crippen MR) is 68.7 cm³/mol. The molecule has 1 aliphatic carbocycles. The summed E-state index contributed by atoms with van der Waals surface area (Å²) in [6.45, 7) is 4.09. The van der Waals surface area contributed by atoms with Crippen LogP contribution in [0.5, 0.6) is 0 Å². The quantitative estimate of drug-likeness (QED) is 0.750. The summed E-state index contributed by atoms with van der Waals surface area (Å²) in [6.07, 6.45) is -0.805. The number of nitrogens with zero attached hydrogens (tertiary/aromatic N) is 2. The Balaban J connectivity index is 2.34. The van der Waals surface area contributed by atoms with Crippen molar-refractivity contribution in [2.75, 3.05) is 0 Å². The van der Waals surface area contributed by atoms with E-state index < -0.39 is 12.0 Å². The molecule has 112 valence electrons. The summed E-state index contributed by atoms with van der Waals surface area (Å²) in [7, 11) is 0. The minimum atomic E-state index is -4.84. The number of ketones is 1. The lowest BCUT2D eigenvalue weighted by Crippen LogP contribution is -2.25. The first-order chi connectivity index (χ1) is 9.38. The van der Waals surface area contributed by atoms with Gasteiger partial charge in [0.2, 0.25) is 0 Å². The lowest BCUT2D eigenvalue weighted by atomic mass is 10.0. The van der Waals surface area contributed by atoms with E-state index in [0.717, 1.165) is 6.42 Å². The molecule has 1 aromatic heterocycles. The van der Waals surface area contributed by atoms with Crippen LogP contribution < -0.4 is 0 Å². The number of aryl methyl sites for hydroxylation is 2. The van der Waals surface area contributed by atoms with Gasteiger partial charge >= 0.3 is 6.18 Å². The summed E-state index contributed by atoms with van der Waals surface area (Å²) >= 11 is 0. The van der Waals surface area contributed by atoms with Crippen molar-refractivity contribution in [2.45, 2.75) is 58.7 Å². The summed E-state index contributed by atoms with van der Waals surface area (Å²) in [6, 6.07) is 0. The third-order valence-electron chi connectivity index (χ3n) is 3.73. The number of aromatic nitrogens is 2. The minimum absolute atomic E-state index is 0.224. The molecule has 0 radical (unpaired) electrons. The maximum absolute atomic E-state index is 12.7. The highest BCUT2D eigenvalue weighted by molar-refractivity contribution is 6.02. The molecule has 0 aromatic carbocycles. The summed E-state index contributed by atoms with van der Waals surface area (Å²) in [5.41, 5.74) is 0.461. The molecule has 1 heterocycles. The van der Waals surface area contributed by atoms with Crippen molar-refractivity contribution in [3.05, 3.63) is 17.0 Å². The minimum Gasteiger partial charge on any atom is -0.284 e. The number of rotatable bonds is 6. The molecule has 3 nitrogen and oxygen atoms in total. The first-order valence-electron chi connectivity index (χ1n) is 7.08. The van der Waals surface area contributed by atoms with E-state index in [2.05, 4.69) is 5.10 Å². The smallest absolute Gasteiger partial charge is 0.284 e. The molecule has 0 aliphatic heterocycles. The number of halogens is 3. The van der Waals surface area contributed by atoms with Crippen molar-refractivity contribution in [1.82, 2.24) is 9.78 Å². The molecule has 0 N–H and O–H groups in total. The van der Waals surface area contributed by atoms with E-state index in [0.29, 0.717) is 31.0 Å². The Bertz CT molecular complexity index is 501. The average Bonchev–Trinajstić information content (AvgIpc) is 3.14. The van der Waals surface area contributed by atoms with Gasteiger partial charge in [-0.15, -0.1) is 0 Å². The Kier molecular flexibility index (Phi) is 4.20. The molecular formula is C14H19F3N2O. The van der Waals surface area contributed by atoms with Gasteiger partial charge in [0.15, 0.2) is 0 Å². The molecule has 2 rings (SSSR count). The average molecular weight is 288 g/mol. The summed E-state index contributed by atoms with van der Waals surface area (Å²) in [5, 5.41) is 4.23. The fourth-order valence-electron chi connectivity index (χ4n) is 2.46. The molecule has 0 amide bonds. The summed E-state index contributed by atoms with van der Waals surface area (Å²) in [4.78, 5) is 11.6. The Morgan fingerprint density at radius 2 is 1.95 bits per heavy atom. The third-order valence-corrected chi connectivity index (χ3v) is 3.73. The zero-order valence-corrected chi connectivity index (χ0v) is 11.8. The van der Waals surface area contributed by atoms with Crippen LogP contribution >= 0.6 is 0 Å². The normalized spacial score (nSPS) is 15.7. The van der Waals surface area contributed by atoms with Gasteiger partial charge in [-0.3, -0.25) is 9.48 Å². The zero-order valence-electron chi connectivity index (χ0n) is 11.8. The van der Waals surface area contributed by atoms with Crippen molar-refractivity contribution in [2.24, 2.45) is 5.92 Å². The molecule has 1 fully saturated rings. The topological polar surface area (TPSA) is 34.9 Å². The van der Waals surface area contributed by atoms with Crippen molar-refractivity contribution in [3.63, 3.8) is 0 Å². The Morgan fingerprint density at radius 1 is 1.30 bits per heavy atom. The molecule has 1 aliphatic rings. The van der Waals surface area contributed by atoms with E-state index in [1.54, 1.807) is 18.5 Å². The molecule has 0 saturated heterocycles. The highest BCUT2D eigenvalue weighted by atomic mass is 19.4. The first-order valence-corrected chi connectivity index (χ1v) is 7.08. The second-order valence-electron chi connectivity index (χ2n) is 5.26. The van der Waals surface area contributed by atoms with E-state index in [1.807, 2.05) is 0 Å². The van der Waals surface area contributed by atoms with Crippen LogP contribution in [0.4, 0.5) is 13.2 Å². The van der Waals surface area contributed by atoms with E-state index in [4.69, 9.17) is 0 Å². The van der Waals surface area contributed by atoms with Gasteiger partial charge in [0, 0.05) is 12.2 Å². The lowest BCUT2D eigenvalue weighted by molar-refractivity contribution is -0.0886. The highest BCUT2D eigenvalue weighted by Gasteiger charge is 2.42. The fourth-order valence-corrected chi connectivity index (χ4v) is 2.46. The van der Waals surface area contributed by atoms with Gasteiger partial charge in [0.1, 0.15) is 0 Å². The van der Waals surface area contributed by atoms with Gasteiger partial charge in [0.25, 0.3) is 5.78 Å². The number of alkyl halides is 3. The van der Waals surface area contributed by atoms with Crippen molar-refractivity contribution in [1.29, 1.82) is 0 Å². The maximum atomic E-state index is 12.7. The van der Waals surface area contributed by atoms with E-state index in [1.165, 1.54) is 12.8 Å². The lowest BCUT2D eigenvalue weighted by Gasteiger charge is -2.09. The SMILES string of the molecule is CCc1nn(CCC2CC2)c(CC)c1C(=O)C(F)(F)F. The number of hydrogen-bond donors (Lipinski definition) is 0. The molecule has 0 bridgehead atoms. The standard InChI is InChI=1S/C14H19F3N2O/c1-3-10-12(13(20)14(15,16)17)11(4-2)19(18-10)8-7-9-5-6-9/h9H,3-8H2,1-2H3. The number of carbonyl (C=O) groups is 1. The Morgan fingerprint density at radius 3 is 2.40 bits per heavy atom. The maximum Gasteiger partial charge on any atom is 0.455 e. The largest absolute Gasteiger partial charge is 0.455 e. The van der Waals surface area contributed by atoms with Gasteiger partial charge in [-0.05, 0) is 25.2 Å². The first kappa shape index (κ1) is 15.1. The number of Topliss-reactive ketones (excluding diaryl/α,β-unsaturated/α-hetero) is 1. The summed E-state index contributed by atoms with van der Waals surface area (Å²) in [5.74, 6) is -1.08. The second kappa shape index (κ2) is 5.58. The highest BCUT2D eigenvalue weighted by Crippen LogP contribution is 2.33. The van der Waals surface area contributed by atoms with E-state index >= 15 is 0 Å². The van der Waals surface area contributed by atoms with Gasteiger partial charge in [-0.1, -0.05) is 26.7 Å². The van der Waals surface area contributed by atoms with Crippen molar-refractivity contribution >= 4 is 5.78 Å². The van der Waals surface area contributed by atoms with Crippen LogP contribution in [0.3, 0.4) is 0 Å². The van der Waals surface area contributed by atoms with Crippen molar-refractivity contribution < 1.29 is 18.0 Å². The van der Waals surface area contributed by atoms with Gasteiger partial charge < -0.3 is 0 Å². The molecule has 1 aromatic rings. The monoisotopic (exact) mass is 288 g/mol. The van der Waals surface area contributed by atoms with Gasteiger partial charge in [-0.2, -0.15) is 18.3 Å². The zero-order chi connectivity index (χ0) is 14.9. The van der Waals surface area contributed by atoms with Crippen LogP contribution in [0.25, 0.3) is 0 Å². The molecule has 0 atom stereocenters. The van der Waals surface area contributed by atoms with E-state index in [9.17, 15) is 18.0 Å². The van der Waals surface area contributed by atoms with E-state index in [-0.39, 0.29) is 11.3 Å². The summed E-state index contributed by atoms with van der Waals surface area (Å²) < 4.78 is 39.8. The molecule has 6 heteroatoms. The van der Waals surface area contributed by atoms with Crippen molar-refractivity contribution in [3.8, 4) is 0 Å². The molecular weight excluding hydrogens is 269 g/mol. The fraction of sp³-hybridized carbons (Fsp3) is 0.714. The predicted octanol–water partition coefficient (Wildman–Crippen LogP) is 3.55. The van der Waals surface area contributed by atoms with Gasteiger partial charge in [-0.25, -0.2) is 0 Å². The molecule has 1 saturated carbocycles. The second-order valence-corrected chi connectivity index (χ2v) is 5.26. The van der Waals surface area contributed by atoms with Crippen LogP contribution in [-0.2, 0) is 19.4 Å². The molecule has 0 spiro atoms. The van der Waals surface area contributed by atoms with Crippen LogP contribution in [0.15, 0.2) is 0 Å². The molecule has 20 heavy (non-hydrogen) atoms. The number of hydrogen-bond acceptors (Lipinski definition) is 2. The third kappa shape index (κ3) is 3.04. The van der Waals surface area contributed by atoms with Crippen LogP contribution in [0.1, 0.15) is 54.9 Å². The van der Waals surface area contributed by atoms with Crippen LogP contribution in [-0.4, -0.2) is 21.7 Å².